The van der Waals surface area contributed by atoms with Crippen molar-refractivity contribution in [1.29, 1.82) is 0 Å². The molecule has 0 amide bonds. The summed E-state index contributed by atoms with van der Waals surface area (Å²) in [6.07, 6.45) is 0. The number of hydrogen-bond donors (Lipinski definition) is 0. The van der Waals surface area contributed by atoms with E-state index in [0.29, 0.717) is 0 Å². The molecular weight excluding hydrogens is 735 g/mol. The van der Waals surface area contributed by atoms with Gasteiger partial charge in [-0.25, -0.2) is 0 Å². The summed E-state index contributed by atoms with van der Waals surface area (Å²) in [5.41, 5.74) is 12.2. The zero-order chi connectivity index (χ0) is 38.9. The molecule has 0 atom stereocenters. The van der Waals surface area contributed by atoms with Crippen LogP contribution in [0.25, 0.3) is 97.0 Å². The number of hydrogen-bond acceptors (Lipinski definition) is 3. The smallest absolute Gasteiger partial charge is 0.136 e. The van der Waals surface area contributed by atoms with E-state index in [2.05, 4.69) is 211 Å². The van der Waals surface area contributed by atoms with Gasteiger partial charge in [-0.15, -0.1) is 11.3 Å². The van der Waals surface area contributed by atoms with E-state index in [0.717, 1.165) is 61.3 Å². The topological polar surface area (TPSA) is 16.4 Å². The van der Waals surface area contributed by atoms with Crippen LogP contribution in [0.3, 0.4) is 0 Å². The first-order valence-electron chi connectivity index (χ1n) is 20.1. The summed E-state index contributed by atoms with van der Waals surface area (Å²) in [6.45, 7) is 0. The van der Waals surface area contributed by atoms with E-state index >= 15 is 0 Å². The van der Waals surface area contributed by atoms with Crippen LogP contribution in [0.5, 0.6) is 0 Å². The van der Waals surface area contributed by atoms with Crippen LogP contribution in [0.2, 0.25) is 0 Å². The molecule has 0 N–H and O–H groups in total. The summed E-state index contributed by atoms with van der Waals surface area (Å²) in [6, 6.07) is 77.0. The predicted octanol–water partition coefficient (Wildman–Crippen LogP) is 16.7. The first kappa shape index (κ1) is 33.7. The van der Waals surface area contributed by atoms with Crippen molar-refractivity contribution in [2.45, 2.75) is 0 Å². The molecule has 10 aromatic carbocycles. The van der Waals surface area contributed by atoms with Crippen LogP contribution in [-0.4, -0.2) is 0 Å². The van der Waals surface area contributed by atoms with E-state index < -0.39 is 0 Å². The molecule has 0 aliphatic heterocycles. The lowest BCUT2D eigenvalue weighted by molar-refractivity contribution is 0.669. The average molecular weight is 770 g/mol. The van der Waals surface area contributed by atoms with Gasteiger partial charge >= 0.3 is 0 Å². The molecule has 0 spiro atoms. The summed E-state index contributed by atoms with van der Waals surface area (Å²) < 4.78 is 8.93. The molecule has 2 nitrogen and oxygen atoms in total. The van der Waals surface area contributed by atoms with E-state index in [4.69, 9.17) is 4.42 Å². The first-order chi connectivity index (χ1) is 29.3. The van der Waals surface area contributed by atoms with Crippen LogP contribution in [0.4, 0.5) is 17.1 Å². The minimum atomic E-state index is 0.893. The molecule has 0 aliphatic carbocycles. The second-order valence-electron chi connectivity index (χ2n) is 15.2. The molecule has 0 fully saturated rings. The highest BCUT2D eigenvalue weighted by Gasteiger charge is 2.22. The number of thiophene rings is 1. The third-order valence-electron chi connectivity index (χ3n) is 11.9. The minimum absolute atomic E-state index is 0.893. The maximum absolute atomic E-state index is 6.38. The molecule has 12 aromatic rings. The number of benzene rings is 10. The standard InChI is InChI=1S/C56H35NOS/c1-2-14-36(15-3-1)50-35-40(32-33-44(50)46-22-13-26-53-55(46)48-21-8-10-25-52(48)58-53)57(51-24-12-23-47-45-20-9-11-27-54(45)59-56(47)51)39-30-28-37(29-31-39)49-34-38-16-4-5-17-41(38)42-18-6-7-19-43(42)49/h1-35H. The van der Waals surface area contributed by atoms with Gasteiger partial charge in [-0.05, 0) is 110 Å². The Bertz CT molecular complexity index is 3560. The van der Waals surface area contributed by atoms with Crippen molar-refractivity contribution in [3.05, 3.63) is 212 Å². The lowest BCUT2D eigenvalue weighted by atomic mass is 9.91. The van der Waals surface area contributed by atoms with Crippen molar-refractivity contribution >= 4 is 92.1 Å². The van der Waals surface area contributed by atoms with Gasteiger partial charge in [-0.2, -0.15) is 0 Å². The molecule has 0 bridgehead atoms. The van der Waals surface area contributed by atoms with E-state index in [1.807, 2.05) is 17.4 Å². The Hall–Kier alpha value is -7.46. The van der Waals surface area contributed by atoms with Gasteiger partial charge in [0.15, 0.2) is 0 Å². The van der Waals surface area contributed by atoms with Gasteiger partial charge in [0.1, 0.15) is 11.2 Å². The van der Waals surface area contributed by atoms with Gasteiger partial charge in [0.25, 0.3) is 0 Å². The fraction of sp³-hybridized carbons (Fsp3) is 0. The minimum Gasteiger partial charge on any atom is -0.456 e. The van der Waals surface area contributed by atoms with Gasteiger partial charge in [0, 0.05) is 37.6 Å². The van der Waals surface area contributed by atoms with Crippen molar-refractivity contribution in [3.8, 4) is 33.4 Å². The Balaban J connectivity index is 1.08. The molecule has 0 saturated carbocycles. The summed E-state index contributed by atoms with van der Waals surface area (Å²) in [7, 11) is 0. The third-order valence-corrected chi connectivity index (χ3v) is 13.1. The Morgan fingerprint density at radius 3 is 1.86 bits per heavy atom. The Morgan fingerprint density at radius 1 is 0.356 bits per heavy atom. The van der Waals surface area contributed by atoms with Gasteiger partial charge in [0.05, 0.1) is 10.4 Å². The predicted molar refractivity (Wildman–Crippen MR) is 253 cm³/mol. The fourth-order valence-corrected chi connectivity index (χ4v) is 10.4. The molecule has 12 rings (SSSR count). The molecule has 2 aromatic heterocycles. The lowest BCUT2D eigenvalue weighted by Crippen LogP contribution is -2.10. The van der Waals surface area contributed by atoms with E-state index in [-0.39, 0.29) is 0 Å². The van der Waals surface area contributed by atoms with E-state index in [1.54, 1.807) is 0 Å². The number of para-hydroxylation sites is 1. The van der Waals surface area contributed by atoms with Gasteiger partial charge < -0.3 is 9.32 Å². The monoisotopic (exact) mass is 769 g/mol. The number of fused-ring (bicyclic) bond motifs is 9. The maximum Gasteiger partial charge on any atom is 0.136 e. The third kappa shape index (κ3) is 5.47. The van der Waals surface area contributed by atoms with Crippen molar-refractivity contribution in [1.82, 2.24) is 0 Å². The molecule has 276 valence electrons. The highest BCUT2D eigenvalue weighted by atomic mass is 32.1. The van der Waals surface area contributed by atoms with Crippen LogP contribution in [0.15, 0.2) is 217 Å². The normalized spacial score (nSPS) is 11.7. The van der Waals surface area contributed by atoms with Crippen molar-refractivity contribution in [2.75, 3.05) is 4.90 Å². The SMILES string of the molecule is c1ccc(-c2cc(N(c3ccc(-c4cc5ccccc5c5ccccc45)cc3)c3cccc4c3sc3ccccc34)ccc2-c2cccc3oc4ccccc4c23)cc1. The van der Waals surface area contributed by atoms with Crippen LogP contribution in [0, 0.1) is 0 Å². The Kier molecular flexibility index (Phi) is 7.75. The van der Waals surface area contributed by atoms with Crippen LogP contribution in [-0.2, 0) is 0 Å². The van der Waals surface area contributed by atoms with Gasteiger partial charge in [0.2, 0.25) is 0 Å². The van der Waals surface area contributed by atoms with E-state index in [9.17, 15) is 0 Å². The summed E-state index contributed by atoms with van der Waals surface area (Å²) in [5.74, 6) is 0. The van der Waals surface area contributed by atoms with Gasteiger partial charge in [-0.3, -0.25) is 0 Å². The van der Waals surface area contributed by atoms with Gasteiger partial charge in [-0.1, -0.05) is 158 Å². The Labute approximate surface area is 345 Å². The second-order valence-corrected chi connectivity index (χ2v) is 16.3. The van der Waals surface area contributed by atoms with Crippen LogP contribution >= 0.6 is 11.3 Å². The number of rotatable bonds is 6. The van der Waals surface area contributed by atoms with Crippen molar-refractivity contribution in [2.24, 2.45) is 0 Å². The molecular formula is C56H35NOS. The summed E-state index contributed by atoms with van der Waals surface area (Å²) in [5, 5.41) is 9.87. The van der Waals surface area contributed by atoms with Crippen molar-refractivity contribution in [3.63, 3.8) is 0 Å². The number of anilines is 3. The van der Waals surface area contributed by atoms with Crippen LogP contribution < -0.4 is 4.90 Å². The first-order valence-corrected chi connectivity index (χ1v) is 20.9. The zero-order valence-corrected chi connectivity index (χ0v) is 32.8. The summed E-state index contributed by atoms with van der Waals surface area (Å²) >= 11 is 1.86. The van der Waals surface area contributed by atoms with Crippen LogP contribution in [0.1, 0.15) is 0 Å². The fourth-order valence-electron chi connectivity index (χ4n) is 9.18. The number of furan rings is 1. The molecule has 3 heteroatoms. The summed E-state index contributed by atoms with van der Waals surface area (Å²) in [4.78, 5) is 2.45. The molecule has 0 saturated heterocycles. The lowest BCUT2D eigenvalue weighted by Gasteiger charge is -2.27. The highest BCUT2D eigenvalue weighted by molar-refractivity contribution is 7.26. The molecule has 2 heterocycles. The zero-order valence-electron chi connectivity index (χ0n) is 32.0. The molecule has 0 unspecified atom stereocenters. The van der Waals surface area contributed by atoms with E-state index in [1.165, 1.54) is 52.8 Å². The second kappa shape index (κ2) is 13.6. The Morgan fingerprint density at radius 2 is 1.00 bits per heavy atom. The molecule has 0 radical (unpaired) electrons. The largest absolute Gasteiger partial charge is 0.456 e. The van der Waals surface area contributed by atoms with Crippen molar-refractivity contribution < 1.29 is 4.42 Å². The highest BCUT2D eigenvalue weighted by Crippen LogP contribution is 2.48. The maximum atomic E-state index is 6.38. The average Bonchev–Trinajstić information content (AvgIpc) is 3.89. The molecule has 0 aliphatic rings. The number of nitrogens with zero attached hydrogens (tertiary/aromatic N) is 1. The molecule has 59 heavy (non-hydrogen) atoms. The quantitative estimate of drug-likeness (QED) is 0.157.